The molecular weight excluding hydrogens is 224 g/mol. The Balaban J connectivity index is 2.47. The maximum Gasteiger partial charge on any atom is 0.170 e. The monoisotopic (exact) mass is 238 g/mol. The van der Waals surface area contributed by atoms with E-state index < -0.39 is 0 Å². The topological polar surface area (TPSA) is 34.1 Å². The highest BCUT2D eigenvalue weighted by atomic mass is 16.1. The molecule has 18 heavy (non-hydrogen) atoms. The number of ketones is 1. The van der Waals surface area contributed by atoms with Gasteiger partial charge in [0, 0.05) is 5.56 Å². The summed E-state index contributed by atoms with van der Waals surface area (Å²) >= 11 is 0. The van der Waals surface area contributed by atoms with Gasteiger partial charge in [-0.3, -0.25) is 4.79 Å². The number of rotatable bonds is 4. The van der Waals surface area contributed by atoms with Gasteiger partial charge in [-0.2, -0.15) is 0 Å². The Morgan fingerprint density at radius 1 is 1.06 bits per heavy atom. The van der Waals surface area contributed by atoms with E-state index in [4.69, 9.17) is 0 Å². The lowest BCUT2D eigenvalue weighted by molar-refractivity contribution is -0.107. The molecule has 0 aliphatic rings. The summed E-state index contributed by atoms with van der Waals surface area (Å²) in [6, 6.07) is 15.4. The van der Waals surface area contributed by atoms with Gasteiger partial charge in [0.05, 0.1) is 6.42 Å². The predicted molar refractivity (Wildman–Crippen MR) is 71.6 cm³/mol. The summed E-state index contributed by atoms with van der Waals surface area (Å²) in [5.74, 6) is -0.138. The largest absolute Gasteiger partial charge is 0.303 e. The van der Waals surface area contributed by atoms with Crippen molar-refractivity contribution in [1.29, 1.82) is 0 Å². The molecule has 0 spiro atoms. The van der Waals surface area contributed by atoms with Crippen LogP contribution in [-0.2, 0) is 4.79 Å². The maximum absolute atomic E-state index is 11.9. The summed E-state index contributed by atoms with van der Waals surface area (Å²) in [4.78, 5) is 22.3. The molecule has 2 nitrogen and oxygen atoms in total. The summed E-state index contributed by atoms with van der Waals surface area (Å²) in [6.45, 7) is 2.02. The molecule has 0 atom stereocenters. The number of hydrogen-bond donors (Lipinski definition) is 0. The van der Waals surface area contributed by atoms with Crippen LogP contribution < -0.4 is 0 Å². The molecule has 2 rings (SSSR count). The minimum absolute atomic E-state index is 0.0666. The van der Waals surface area contributed by atoms with Crippen LogP contribution >= 0.6 is 0 Å². The summed E-state index contributed by atoms with van der Waals surface area (Å²) in [6.07, 6.45) is 0.580. The Hall–Kier alpha value is -2.22. The first-order valence-corrected chi connectivity index (χ1v) is 5.85. The van der Waals surface area contributed by atoms with Gasteiger partial charge in [0.2, 0.25) is 0 Å². The van der Waals surface area contributed by atoms with Crippen LogP contribution in [0.2, 0.25) is 0 Å². The first kappa shape index (κ1) is 12.2. The molecule has 0 aromatic heterocycles. The van der Waals surface area contributed by atoms with Crippen molar-refractivity contribution in [2.45, 2.75) is 13.3 Å². The standard InChI is InChI=1S/C16H14O2/c1-12-6-8-13(9-7-12)14-4-2-3-5-15(14)16(18)10-11-17/h2-9,11H,10H2,1H3. The molecule has 0 aliphatic carbocycles. The summed E-state index contributed by atoms with van der Waals surface area (Å²) in [7, 11) is 0. The van der Waals surface area contributed by atoms with E-state index in [9.17, 15) is 9.59 Å². The van der Waals surface area contributed by atoms with Gasteiger partial charge < -0.3 is 4.79 Å². The van der Waals surface area contributed by atoms with Gasteiger partial charge in [0.1, 0.15) is 6.29 Å². The highest BCUT2D eigenvalue weighted by molar-refractivity contribution is 6.07. The first-order valence-electron chi connectivity index (χ1n) is 5.85. The fourth-order valence-electron chi connectivity index (χ4n) is 1.90. The maximum atomic E-state index is 11.9. The highest BCUT2D eigenvalue weighted by Crippen LogP contribution is 2.24. The van der Waals surface area contributed by atoms with E-state index in [0.29, 0.717) is 11.8 Å². The molecule has 0 radical (unpaired) electrons. The van der Waals surface area contributed by atoms with Crippen LogP contribution in [0, 0.1) is 6.92 Å². The second kappa shape index (κ2) is 5.41. The highest BCUT2D eigenvalue weighted by Gasteiger charge is 2.11. The average Bonchev–Trinajstić information content (AvgIpc) is 2.40. The van der Waals surface area contributed by atoms with Gasteiger partial charge >= 0.3 is 0 Å². The van der Waals surface area contributed by atoms with E-state index in [1.54, 1.807) is 6.07 Å². The Kier molecular flexibility index (Phi) is 3.68. The molecule has 0 amide bonds. The first-order chi connectivity index (χ1) is 8.72. The fourth-order valence-corrected chi connectivity index (χ4v) is 1.90. The molecule has 0 aliphatic heterocycles. The number of Topliss-reactive ketones (excluding diaryl/α,β-unsaturated/α-hetero) is 1. The summed E-state index contributed by atoms with van der Waals surface area (Å²) < 4.78 is 0. The van der Waals surface area contributed by atoms with Gasteiger partial charge in [-0.15, -0.1) is 0 Å². The average molecular weight is 238 g/mol. The van der Waals surface area contributed by atoms with Crippen molar-refractivity contribution in [2.24, 2.45) is 0 Å². The van der Waals surface area contributed by atoms with Crippen molar-refractivity contribution < 1.29 is 9.59 Å². The Bertz CT molecular complexity index is 568. The zero-order valence-corrected chi connectivity index (χ0v) is 10.2. The van der Waals surface area contributed by atoms with Gasteiger partial charge in [0.15, 0.2) is 5.78 Å². The second-order valence-corrected chi connectivity index (χ2v) is 4.21. The third kappa shape index (κ3) is 2.54. The lowest BCUT2D eigenvalue weighted by atomic mass is 9.95. The molecule has 0 saturated heterocycles. The molecule has 0 unspecified atom stereocenters. The third-order valence-electron chi connectivity index (χ3n) is 2.86. The summed E-state index contributed by atoms with van der Waals surface area (Å²) in [5.41, 5.74) is 3.66. The van der Waals surface area contributed by atoms with Crippen molar-refractivity contribution in [1.82, 2.24) is 0 Å². The van der Waals surface area contributed by atoms with Crippen molar-refractivity contribution in [3.8, 4) is 11.1 Å². The summed E-state index contributed by atoms with van der Waals surface area (Å²) in [5, 5.41) is 0. The van der Waals surface area contributed by atoms with Crippen LogP contribution in [0.1, 0.15) is 22.3 Å². The molecule has 0 heterocycles. The second-order valence-electron chi connectivity index (χ2n) is 4.21. The molecule has 0 bridgehead atoms. The van der Waals surface area contributed by atoms with E-state index in [1.807, 2.05) is 49.4 Å². The Morgan fingerprint density at radius 2 is 1.72 bits per heavy atom. The number of carbonyl (C=O) groups excluding carboxylic acids is 2. The van der Waals surface area contributed by atoms with Crippen LogP contribution in [0.5, 0.6) is 0 Å². The zero-order chi connectivity index (χ0) is 13.0. The fraction of sp³-hybridized carbons (Fsp3) is 0.125. The third-order valence-corrected chi connectivity index (χ3v) is 2.86. The normalized spacial score (nSPS) is 10.1. The van der Waals surface area contributed by atoms with E-state index in [-0.39, 0.29) is 12.2 Å². The quantitative estimate of drug-likeness (QED) is 0.464. The van der Waals surface area contributed by atoms with Crippen LogP contribution in [0.25, 0.3) is 11.1 Å². The van der Waals surface area contributed by atoms with Crippen LogP contribution in [0.4, 0.5) is 0 Å². The zero-order valence-electron chi connectivity index (χ0n) is 10.2. The van der Waals surface area contributed by atoms with E-state index >= 15 is 0 Å². The van der Waals surface area contributed by atoms with Gasteiger partial charge in [0.25, 0.3) is 0 Å². The minimum Gasteiger partial charge on any atom is -0.303 e. The molecule has 0 saturated carbocycles. The van der Waals surface area contributed by atoms with Crippen molar-refractivity contribution in [3.63, 3.8) is 0 Å². The lowest BCUT2D eigenvalue weighted by Gasteiger charge is -2.08. The van der Waals surface area contributed by atoms with Crippen molar-refractivity contribution in [2.75, 3.05) is 0 Å². The molecule has 0 fully saturated rings. The van der Waals surface area contributed by atoms with Crippen molar-refractivity contribution >= 4 is 12.1 Å². The lowest BCUT2D eigenvalue weighted by Crippen LogP contribution is -2.01. The van der Waals surface area contributed by atoms with Gasteiger partial charge in [-0.1, -0.05) is 54.1 Å². The number of benzene rings is 2. The van der Waals surface area contributed by atoms with E-state index in [1.165, 1.54) is 5.56 Å². The Morgan fingerprint density at radius 3 is 2.39 bits per heavy atom. The Labute approximate surface area is 106 Å². The molecule has 2 heteroatoms. The number of aldehydes is 1. The number of aryl methyl sites for hydroxylation is 1. The molecule has 90 valence electrons. The SMILES string of the molecule is Cc1ccc(-c2ccccc2C(=O)CC=O)cc1. The molecule has 2 aromatic rings. The van der Waals surface area contributed by atoms with Gasteiger partial charge in [-0.25, -0.2) is 0 Å². The number of hydrogen-bond acceptors (Lipinski definition) is 2. The number of carbonyl (C=O) groups is 2. The van der Waals surface area contributed by atoms with E-state index in [2.05, 4.69) is 0 Å². The minimum atomic E-state index is -0.138. The van der Waals surface area contributed by atoms with Crippen LogP contribution in [-0.4, -0.2) is 12.1 Å². The predicted octanol–water partition coefficient (Wildman–Crippen LogP) is 3.43. The van der Waals surface area contributed by atoms with Crippen molar-refractivity contribution in [3.05, 3.63) is 59.7 Å². The van der Waals surface area contributed by atoms with Crippen LogP contribution in [0.3, 0.4) is 0 Å². The molecule has 0 N–H and O–H groups in total. The van der Waals surface area contributed by atoms with Gasteiger partial charge in [-0.05, 0) is 18.1 Å². The van der Waals surface area contributed by atoms with Crippen LogP contribution in [0.15, 0.2) is 48.5 Å². The van der Waals surface area contributed by atoms with E-state index in [0.717, 1.165) is 11.1 Å². The molecular formula is C16H14O2. The molecule has 2 aromatic carbocycles. The smallest absolute Gasteiger partial charge is 0.170 e.